The molecule has 1 aromatic heterocycles. The molecule has 1 aliphatic rings. The number of carbonyl (C=O) groups is 1. The Morgan fingerprint density at radius 3 is 2.58 bits per heavy atom. The second kappa shape index (κ2) is 9.24. The number of benzene rings is 1. The van der Waals surface area contributed by atoms with Crippen molar-refractivity contribution in [1.29, 1.82) is 0 Å². The lowest BCUT2D eigenvalue weighted by Gasteiger charge is -2.44. The van der Waals surface area contributed by atoms with E-state index in [0.717, 1.165) is 32.5 Å². The van der Waals surface area contributed by atoms with Crippen LogP contribution in [-0.2, 0) is 6.42 Å². The van der Waals surface area contributed by atoms with Crippen molar-refractivity contribution in [1.82, 2.24) is 9.80 Å². The fraction of sp³-hybridized carbons (Fsp3) is 0.476. The van der Waals surface area contributed by atoms with Crippen LogP contribution in [0.4, 0.5) is 0 Å². The van der Waals surface area contributed by atoms with Gasteiger partial charge in [-0.2, -0.15) is 0 Å². The molecule has 0 bridgehead atoms. The van der Waals surface area contributed by atoms with Gasteiger partial charge >= 0.3 is 0 Å². The summed E-state index contributed by atoms with van der Waals surface area (Å²) >= 11 is 0. The molecule has 1 amide bonds. The van der Waals surface area contributed by atoms with Crippen molar-refractivity contribution in [3.8, 4) is 0 Å². The Balaban J connectivity index is 0.00000243. The Hall–Kier alpha value is -1.78. The second-order valence-electron chi connectivity index (χ2n) is 7.16. The van der Waals surface area contributed by atoms with Crippen LogP contribution in [0.2, 0.25) is 0 Å². The van der Waals surface area contributed by atoms with E-state index in [0.29, 0.717) is 11.8 Å². The number of piperazine rings is 1. The van der Waals surface area contributed by atoms with E-state index in [4.69, 9.17) is 4.42 Å². The SMILES string of the molecule is Cc1ccccc1CCCN1CC(C)N(C(=O)c2ccco2)CC1C.Cl. The van der Waals surface area contributed by atoms with Crippen molar-refractivity contribution in [3.05, 3.63) is 59.5 Å². The van der Waals surface area contributed by atoms with Gasteiger partial charge in [0.05, 0.1) is 6.26 Å². The molecule has 0 aliphatic carbocycles. The molecule has 0 radical (unpaired) electrons. The maximum atomic E-state index is 12.6. The summed E-state index contributed by atoms with van der Waals surface area (Å²) in [6.45, 7) is 9.26. The van der Waals surface area contributed by atoms with E-state index in [-0.39, 0.29) is 24.4 Å². The predicted molar refractivity (Wildman–Crippen MR) is 107 cm³/mol. The Bertz CT molecular complexity index is 702. The van der Waals surface area contributed by atoms with Crippen molar-refractivity contribution in [2.24, 2.45) is 0 Å². The number of furan rings is 1. The molecular formula is C21H29ClN2O2. The van der Waals surface area contributed by atoms with Crippen molar-refractivity contribution >= 4 is 18.3 Å². The number of halogens is 1. The number of amides is 1. The number of nitrogens with zero attached hydrogens (tertiary/aromatic N) is 2. The van der Waals surface area contributed by atoms with Crippen molar-refractivity contribution < 1.29 is 9.21 Å². The van der Waals surface area contributed by atoms with E-state index in [1.54, 1.807) is 18.4 Å². The number of rotatable bonds is 5. The monoisotopic (exact) mass is 376 g/mol. The van der Waals surface area contributed by atoms with Crippen molar-refractivity contribution in [2.75, 3.05) is 19.6 Å². The molecule has 0 N–H and O–H groups in total. The smallest absolute Gasteiger partial charge is 0.289 e. The van der Waals surface area contributed by atoms with Gasteiger partial charge in [0.2, 0.25) is 0 Å². The van der Waals surface area contributed by atoms with Crippen LogP contribution in [-0.4, -0.2) is 47.4 Å². The van der Waals surface area contributed by atoms with Gasteiger partial charge < -0.3 is 9.32 Å². The van der Waals surface area contributed by atoms with Crippen LogP contribution in [0, 0.1) is 6.92 Å². The minimum absolute atomic E-state index is 0. The summed E-state index contributed by atoms with van der Waals surface area (Å²) in [6.07, 6.45) is 3.82. The summed E-state index contributed by atoms with van der Waals surface area (Å²) in [5.74, 6) is 0.441. The average Bonchev–Trinajstić information content (AvgIpc) is 3.13. The largest absolute Gasteiger partial charge is 0.459 e. The summed E-state index contributed by atoms with van der Waals surface area (Å²) in [6, 6.07) is 12.7. The van der Waals surface area contributed by atoms with E-state index < -0.39 is 0 Å². The van der Waals surface area contributed by atoms with Crippen LogP contribution < -0.4 is 0 Å². The first-order chi connectivity index (χ1) is 12.1. The van der Waals surface area contributed by atoms with Gasteiger partial charge in [-0.05, 0) is 63.4 Å². The predicted octanol–water partition coefficient (Wildman–Crippen LogP) is 4.18. The summed E-state index contributed by atoms with van der Waals surface area (Å²) in [5.41, 5.74) is 2.81. The van der Waals surface area contributed by atoms with E-state index in [1.165, 1.54) is 11.1 Å². The highest BCUT2D eigenvalue weighted by atomic mass is 35.5. The zero-order valence-corrected chi connectivity index (χ0v) is 16.7. The first kappa shape index (κ1) is 20.5. The highest BCUT2D eigenvalue weighted by Crippen LogP contribution is 2.19. The number of hydrogen-bond acceptors (Lipinski definition) is 3. The minimum Gasteiger partial charge on any atom is -0.459 e. The molecule has 26 heavy (non-hydrogen) atoms. The highest BCUT2D eigenvalue weighted by molar-refractivity contribution is 5.91. The minimum atomic E-state index is 0. The van der Waals surface area contributed by atoms with Gasteiger partial charge in [-0.1, -0.05) is 24.3 Å². The number of carbonyl (C=O) groups excluding carboxylic acids is 1. The van der Waals surface area contributed by atoms with Gasteiger partial charge in [-0.3, -0.25) is 9.69 Å². The van der Waals surface area contributed by atoms with Crippen LogP contribution in [0.1, 0.15) is 41.9 Å². The van der Waals surface area contributed by atoms with Crippen LogP contribution in [0.25, 0.3) is 0 Å². The quantitative estimate of drug-likeness (QED) is 0.785. The summed E-state index contributed by atoms with van der Waals surface area (Å²) < 4.78 is 5.28. The lowest BCUT2D eigenvalue weighted by atomic mass is 10.0. The molecule has 0 spiro atoms. The Labute approximate surface area is 162 Å². The van der Waals surface area contributed by atoms with Gasteiger partial charge in [0.25, 0.3) is 5.91 Å². The lowest BCUT2D eigenvalue weighted by molar-refractivity contribution is 0.0290. The van der Waals surface area contributed by atoms with Crippen LogP contribution in [0.15, 0.2) is 47.1 Å². The van der Waals surface area contributed by atoms with E-state index in [1.807, 2.05) is 4.90 Å². The maximum absolute atomic E-state index is 12.6. The normalized spacial score (nSPS) is 20.7. The summed E-state index contributed by atoms with van der Waals surface area (Å²) in [7, 11) is 0. The number of aryl methyl sites for hydroxylation is 2. The third-order valence-corrected chi connectivity index (χ3v) is 5.26. The van der Waals surface area contributed by atoms with Gasteiger partial charge in [0, 0.05) is 25.2 Å². The fourth-order valence-electron chi connectivity index (χ4n) is 3.70. The van der Waals surface area contributed by atoms with Crippen molar-refractivity contribution in [2.45, 2.75) is 45.7 Å². The standard InChI is InChI=1S/C21H28N2O2.ClH/c1-16-8-4-5-9-19(16)10-6-12-22-14-18(3)23(15-17(22)2)21(24)20-11-7-13-25-20;/h4-5,7-9,11,13,17-18H,6,10,12,14-15H2,1-3H3;1H. The molecule has 1 saturated heterocycles. The summed E-state index contributed by atoms with van der Waals surface area (Å²) in [4.78, 5) is 17.0. The van der Waals surface area contributed by atoms with Gasteiger partial charge in [-0.25, -0.2) is 0 Å². The molecule has 2 aromatic rings. The Morgan fingerprint density at radius 2 is 1.88 bits per heavy atom. The molecule has 2 heterocycles. The number of hydrogen-bond donors (Lipinski definition) is 0. The third-order valence-electron chi connectivity index (χ3n) is 5.26. The van der Waals surface area contributed by atoms with E-state index >= 15 is 0 Å². The first-order valence-corrected chi connectivity index (χ1v) is 9.19. The zero-order valence-electron chi connectivity index (χ0n) is 15.9. The molecule has 1 aromatic carbocycles. The van der Waals surface area contributed by atoms with E-state index in [2.05, 4.69) is 49.9 Å². The fourth-order valence-corrected chi connectivity index (χ4v) is 3.70. The second-order valence-corrected chi connectivity index (χ2v) is 7.16. The third kappa shape index (κ3) is 4.68. The summed E-state index contributed by atoms with van der Waals surface area (Å²) in [5, 5.41) is 0. The van der Waals surface area contributed by atoms with Crippen molar-refractivity contribution in [3.63, 3.8) is 0 Å². The lowest BCUT2D eigenvalue weighted by Crippen LogP contribution is -2.58. The molecule has 2 atom stereocenters. The maximum Gasteiger partial charge on any atom is 0.289 e. The van der Waals surface area contributed by atoms with E-state index in [9.17, 15) is 4.79 Å². The molecule has 0 saturated carbocycles. The Kier molecular flexibility index (Phi) is 7.30. The molecule has 2 unspecified atom stereocenters. The van der Waals surface area contributed by atoms with Crippen LogP contribution >= 0.6 is 12.4 Å². The van der Waals surface area contributed by atoms with Gasteiger partial charge in [-0.15, -0.1) is 12.4 Å². The molecular weight excluding hydrogens is 348 g/mol. The van der Waals surface area contributed by atoms with Gasteiger partial charge in [0.1, 0.15) is 0 Å². The molecule has 1 fully saturated rings. The highest BCUT2D eigenvalue weighted by Gasteiger charge is 2.32. The zero-order chi connectivity index (χ0) is 17.8. The molecule has 1 aliphatic heterocycles. The average molecular weight is 377 g/mol. The van der Waals surface area contributed by atoms with Gasteiger partial charge in [0.15, 0.2) is 5.76 Å². The first-order valence-electron chi connectivity index (χ1n) is 9.19. The molecule has 3 rings (SSSR count). The molecule has 142 valence electrons. The van der Waals surface area contributed by atoms with Crippen LogP contribution in [0.5, 0.6) is 0 Å². The van der Waals surface area contributed by atoms with Crippen LogP contribution in [0.3, 0.4) is 0 Å². The molecule has 5 heteroatoms. The topological polar surface area (TPSA) is 36.7 Å². The molecule has 4 nitrogen and oxygen atoms in total. The Morgan fingerprint density at radius 1 is 1.12 bits per heavy atom.